The Morgan fingerprint density at radius 2 is 1.76 bits per heavy atom. The van der Waals surface area contributed by atoms with Crippen molar-refractivity contribution in [1.29, 1.82) is 0 Å². The summed E-state index contributed by atoms with van der Waals surface area (Å²) in [6.07, 6.45) is 1.79. The molecular weight excluding hydrogens is 282 g/mol. The SMILES string of the molecule is Cc1ccc(NC(=O)C2(c3ccc(Cl)cc3)CC2)c(C)c1. The molecule has 0 radical (unpaired) electrons. The second kappa shape index (κ2) is 5.19. The highest BCUT2D eigenvalue weighted by Gasteiger charge is 2.51. The second-order valence-corrected chi connectivity index (χ2v) is 6.30. The van der Waals surface area contributed by atoms with Gasteiger partial charge in [-0.1, -0.05) is 41.4 Å². The number of carbonyl (C=O) groups excluding carboxylic acids is 1. The van der Waals surface area contributed by atoms with Gasteiger partial charge in [0.25, 0.3) is 0 Å². The summed E-state index contributed by atoms with van der Waals surface area (Å²) in [6.45, 7) is 4.07. The van der Waals surface area contributed by atoms with Gasteiger partial charge in [0.05, 0.1) is 5.41 Å². The van der Waals surface area contributed by atoms with Crippen molar-refractivity contribution < 1.29 is 4.79 Å². The van der Waals surface area contributed by atoms with Crippen LogP contribution in [0.2, 0.25) is 5.02 Å². The number of rotatable bonds is 3. The zero-order chi connectivity index (χ0) is 15.0. The molecule has 0 spiro atoms. The lowest BCUT2D eigenvalue weighted by Crippen LogP contribution is -2.28. The molecule has 0 aromatic heterocycles. The Morgan fingerprint density at radius 1 is 1.10 bits per heavy atom. The number of anilines is 1. The maximum absolute atomic E-state index is 12.7. The van der Waals surface area contributed by atoms with Gasteiger partial charge in [-0.3, -0.25) is 4.79 Å². The van der Waals surface area contributed by atoms with Crippen LogP contribution in [-0.4, -0.2) is 5.91 Å². The van der Waals surface area contributed by atoms with Crippen molar-refractivity contribution in [2.24, 2.45) is 0 Å². The molecule has 1 aliphatic rings. The third-order valence-electron chi connectivity index (χ3n) is 4.21. The highest BCUT2D eigenvalue weighted by Crippen LogP contribution is 2.49. The zero-order valence-corrected chi connectivity index (χ0v) is 13.0. The van der Waals surface area contributed by atoms with Crippen LogP contribution in [0.4, 0.5) is 5.69 Å². The van der Waals surface area contributed by atoms with E-state index in [4.69, 9.17) is 11.6 Å². The first-order valence-electron chi connectivity index (χ1n) is 7.16. The summed E-state index contributed by atoms with van der Waals surface area (Å²) in [5.74, 6) is 0.0803. The topological polar surface area (TPSA) is 29.1 Å². The minimum absolute atomic E-state index is 0.0803. The first-order valence-corrected chi connectivity index (χ1v) is 7.54. The van der Waals surface area contributed by atoms with Crippen molar-refractivity contribution in [3.05, 3.63) is 64.2 Å². The van der Waals surface area contributed by atoms with Gasteiger partial charge >= 0.3 is 0 Å². The number of nitrogens with one attached hydrogen (secondary N) is 1. The maximum Gasteiger partial charge on any atom is 0.235 e. The molecule has 0 atom stereocenters. The molecule has 2 nitrogen and oxygen atoms in total. The smallest absolute Gasteiger partial charge is 0.235 e. The molecule has 0 bridgehead atoms. The summed E-state index contributed by atoms with van der Waals surface area (Å²) in [7, 11) is 0. The van der Waals surface area contributed by atoms with Crippen LogP contribution in [0.3, 0.4) is 0 Å². The lowest BCUT2D eigenvalue weighted by Gasteiger charge is -2.17. The minimum Gasteiger partial charge on any atom is -0.325 e. The van der Waals surface area contributed by atoms with Crippen LogP contribution in [0.25, 0.3) is 0 Å². The number of halogens is 1. The van der Waals surface area contributed by atoms with E-state index in [2.05, 4.69) is 18.3 Å². The van der Waals surface area contributed by atoms with Gasteiger partial charge in [-0.05, 0) is 56.0 Å². The molecular formula is C18H18ClNO. The molecule has 1 amide bonds. The summed E-state index contributed by atoms with van der Waals surface area (Å²) in [6, 6.07) is 13.7. The van der Waals surface area contributed by atoms with Gasteiger partial charge in [-0.2, -0.15) is 0 Å². The van der Waals surface area contributed by atoms with Crippen LogP contribution >= 0.6 is 11.6 Å². The molecule has 3 heteroatoms. The van der Waals surface area contributed by atoms with E-state index in [0.717, 1.165) is 29.7 Å². The molecule has 3 rings (SSSR count). The maximum atomic E-state index is 12.7. The molecule has 2 aromatic rings. The van der Waals surface area contributed by atoms with Gasteiger partial charge in [0.1, 0.15) is 0 Å². The molecule has 0 saturated heterocycles. The third kappa shape index (κ3) is 2.68. The zero-order valence-electron chi connectivity index (χ0n) is 12.2. The van der Waals surface area contributed by atoms with E-state index >= 15 is 0 Å². The molecule has 1 saturated carbocycles. The van der Waals surface area contributed by atoms with Crippen LogP contribution in [0.5, 0.6) is 0 Å². The first kappa shape index (κ1) is 14.2. The van der Waals surface area contributed by atoms with Crippen molar-refractivity contribution in [3.63, 3.8) is 0 Å². The average molecular weight is 300 g/mol. The molecule has 0 aliphatic heterocycles. The monoisotopic (exact) mass is 299 g/mol. The molecule has 1 aliphatic carbocycles. The molecule has 108 valence electrons. The van der Waals surface area contributed by atoms with Crippen LogP contribution < -0.4 is 5.32 Å². The number of carbonyl (C=O) groups is 1. The van der Waals surface area contributed by atoms with Crippen molar-refractivity contribution in [2.45, 2.75) is 32.1 Å². The summed E-state index contributed by atoms with van der Waals surface area (Å²) < 4.78 is 0. The first-order chi connectivity index (χ1) is 10.0. The highest BCUT2D eigenvalue weighted by molar-refractivity contribution is 6.30. The summed E-state index contributed by atoms with van der Waals surface area (Å²) in [5, 5.41) is 3.78. The standard InChI is InChI=1S/C18H18ClNO/c1-12-3-8-16(13(2)11-12)20-17(21)18(9-10-18)14-4-6-15(19)7-5-14/h3-8,11H,9-10H2,1-2H3,(H,20,21). The van der Waals surface area contributed by atoms with Crippen molar-refractivity contribution in [3.8, 4) is 0 Å². The van der Waals surface area contributed by atoms with E-state index in [1.807, 2.05) is 43.3 Å². The fraction of sp³-hybridized carbons (Fsp3) is 0.278. The molecule has 2 aromatic carbocycles. The number of benzene rings is 2. The van der Waals surface area contributed by atoms with Gasteiger partial charge in [0.2, 0.25) is 5.91 Å². The van der Waals surface area contributed by atoms with Crippen LogP contribution in [-0.2, 0) is 10.2 Å². The van der Waals surface area contributed by atoms with E-state index < -0.39 is 0 Å². The number of hydrogen-bond donors (Lipinski definition) is 1. The summed E-state index contributed by atoms with van der Waals surface area (Å²) in [4.78, 5) is 12.7. The minimum atomic E-state index is -0.373. The van der Waals surface area contributed by atoms with Crippen molar-refractivity contribution in [1.82, 2.24) is 0 Å². The van der Waals surface area contributed by atoms with Crippen LogP contribution in [0, 0.1) is 13.8 Å². The second-order valence-electron chi connectivity index (χ2n) is 5.86. The van der Waals surface area contributed by atoms with E-state index in [-0.39, 0.29) is 11.3 Å². The Hall–Kier alpha value is -1.80. The highest BCUT2D eigenvalue weighted by atomic mass is 35.5. The van der Waals surface area contributed by atoms with Gasteiger partial charge < -0.3 is 5.32 Å². The molecule has 1 N–H and O–H groups in total. The Bertz CT molecular complexity index is 687. The Labute approximate surface area is 130 Å². The Balaban J connectivity index is 1.83. The van der Waals surface area contributed by atoms with Gasteiger partial charge in [0, 0.05) is 10.7 Å². The largest absolute Gasteiger partial charge is 0.325 e. The average Bonchev–Trinajstić information content (AvgIpc) is 3.24. The number of aryl methyl sites for hydroxylation is 2. The van der Waals surface area contributed by atoms with Gasteiger partial charge in [0.15, 0.2) is 0 Å². The fourth-order valence-corrected chi connectivity index (χ4v) is 2.86. The molecule has 0 unspecified atom stereocenters. The molecule has 21 heavy (non-hydrogen) atoms. The van der Waals surface area contributed by atoms with E-state index in [1.165, 1.54) is 5.56 Å². The predicted molar refractivity (Wildman–Crippen MR) is 86.9 cm³/mol. The van der Waals surface area contributed by atoms with E-state index in [9.17, 15) is 4.79 Å². The van der Waals surface area contributed by atoms with Crippen LogP contribution in [0.15, 0.2) is 42.5 Å². The van der Waals surface area contributed by atoms with Crippen molar-refractivity contribution in [2.75, 3.05) is 5.32 Å². The van der Waals surface area contributed by atoms with E-state index in [1.54, 1.807) is 0 Å². The quantitative estimate of drug-likeness (QED) is 0.880. The van der Waals surface area contributed by atoms with E-state index in [0.29, 0.717) is 5.02 Å². The predicted octanol–water partition coefficient (Wildman–Crippen LogP) is 4.63. The van der Waals surface area contributed by atoms with Crippen molar-refractivity contribution >= 4 is 23.2 Å². The number of hydrogen-bond acceptors (Lipinski definition) is 1. The lowest BCUT2D eigenvalue weighted by atomic mass is 9.94. The molecule has 0 heterocycles. The summed E-state index contributed by atoms with van der Waals surface area (Å²) >= 11 is 5.93. The third-order valence-corrected chi connectivity index (χ3v) is 4.46. The van der Waals surface area contributed by atoms with Gasteiger partial charge in [-0.15, -0.1) is 0 Å². The molecule has 1 fully saturated rings. The number of amides is 1. The summed E-state index contributed by atoms with van der Waals surface area (Å²) in [5.41, 5.74) is 3.86. The Kier molecular flexibility index (Phi) is 3.50. The van der Waals surface area contributed by atoms with Gasteiger partial charge in [-0.25, -0.2) is 0 Å². The normalized spacial score (nSPS) is 15.6. The van der Waals surface area contributed by atoms with Crippen LogP contribution in [0.1, 0.15) is 29.5 Å². The Morgan fingerprint density at radius 3 is 2.33 bits per heavy atom. The fourth-order valence-electron chi connectivity index (χ4n) is 2.74. The lowest BCUT2D eigenvalue weighted by molar-refractivity contribution is -0.118.